The van der Waals surface area contributed by atoms with Gasteiger partial charge < -0.3 is 5.73 Å². The molecule has 0 saturated carbocycles. The van der Waals surface area contributed by atoms with Gasteiger partial charge in [0.15, 0.2) is 0 Å². The summed E-state index contributed by atoms with van der Waals surface area (Å²) >= 11 is 0. The Morgan fingerprint density at radius 2 is 1.73 bits per heavy atom. The lowest BCUT2D eigenvalue weighted by Gasteiger charge is -2.09. The van der Waals surface area contributed by atoms with Crippen LogP contribution in [0.5, 0.6) is 0 Å². The molecule has 0 heterocycles. The van der Waals surface area contributed by atoms with Gasteiger partial charge in [0.05, 0.1) is 11.3 Å². The molecule has 15 heavy (non-hydrogen) atoms. The van der Waals surface area contributed by atoms with Crippen LogP contribution in [0.3, 0.4) is 0 Å². The van der Waals surface area contributed by atoms with E-state index >= 15 is 0 Å². The molecule has 0 saturated heterocycles. The zero-order valence-corrected chi connectivity index (χ0v) is 7.43. The van der Waals surface area contributed by atoms with Gasteiger partial charge in [-0.3, -0.25) is 10.9 Å². The molecule has 0 atom stereocenters. The molecule has 1 aromatic rings. The second-order valence-electron chi connectivity index (χ2n) is 2.69. The van der Waals surface area contributed by atoms with Gasteiger partial charge in [-0.2, -0.15) is 13.2 Å². The minimum Gasteiger partial charge on any atom is -0.350 e. The van der Waals surface area contributed by atoms with Gasteiger partial charge in [-0.05, 0) is 24.3 Å². The summed E-state index contributed by atoms with van der Waals surface area (Å²) in [5.41, 5.74) is 8.66. The summed E-state index contributed by atoms with van der Waals surface area (Å²) in [4.78, 5) is 10.3. The van der Waals surface area contributed by atoms with E-state index < -0.39 is 17.8 Å². The highest BCUT2D eigenvalue weighted by atomic mass is 19.4. The standard InChI is InChI=1S/C8H8F3N3O/c9-8(10,11)5-1-3-6(4-2-5)13-14-7(12)15/h1-4,13H,(H3,12,14,15). The summed E-state index contributed by atoms with van der Waals surface area (Å²) in [6.07, 6.45) is -4.37. The van der Waals surface area contributed by atoms with Crippen molar-refractivity contribution < 1.29 is 18.0 Å². The Morgan fingerprint density at radius 3 is 2.13 bits per heavy atom. The maximum atomic E-state index is 12.1. The molecule has 0 unspecified atom stereocenters. The van der Waals surface area contributed by atoms with Gasteiger partial charge in [-0.25, -0.2) is 4.79 Å². The monoisotopic (exact) mass is 219 g/mol. The highest BCUT2D eigenvalue weighted by Gasteiger charge is 2.29. The number of hydrogen-bond donors (Lipinski definition) is 3. The fraction of sp³-hybridized carbons (Fsp3) is 0.125. The number of hydrazine groups is 1. The van der Waals surface area contributed by atoms with Crippen LogP contribution in [-0.4, -0.2) is 6.03 Å². The third-order valence-electron chi connectivity index (χ3n) is 1.54. The lowest BCUT2D eigenvalue weighted by atomic mass is 10.2. The minimum absolute atomic E-state index is 0.307. The molecule has 0 fully saturated rings. The number of amides is 2. The molecule has 1 rings (SSSR count). The van der Waals surface area contributed by atoms with E-state index in [4.69, 9.17) is 5.73 Å². The number of urea groups is 1. The zero-order chi connectivity index (χ0) is 11.5. The summed E-state index contributed by atoms with van der Waals surface area (Å²) in [6, 6.07) is 3.32. The Morgan fingerprint density at radius 1 is 1.20 bits per heavy atom. The van der Waals surface area contributed by atoms with Crippen LogP contribution < -0.4 is 16.6 Å². The van der Waals surface area contributed by atoms with E-state index in [9.17, 15) is 18.0 Å². The Bertz CT molecular complexity index is 347. The lowest BCUT2D eigenvalue weighted by molar-refractivity contribution is -0.137. The summed E-state index contributed by atoms with van der Waals surface area (Å²) in [6.45, 7) is 0. The Balaban J connectivity index is 2.69. The molecular formula is C8H8F3N3O. The van der Waals surface area contributed by atoms with Crippen LogP contribution in [0.1, 0.15) is 5.56 Å². The molecule has 0 aromatic heterocycles. The summed E-state index contributed by atoms with van der Waals surface area (Å²) in [5, 5.41) is 0. The molecule has 0 aliphatic heterocycles. The average Bonchev–Trinajstić information content (AvgIpc) is 2.14. The maximum Gasteiger partial charge on any atom is 0.416 e. The number of carbonyl (C=O) groups is 1. The van der Waals surface area contributed by atoms with Gasteiger partial charge in [0, 0.05) is 0 Å². The third-order valence-corrected chi connectivity index (χ3v) is 1.54. The number of alkyl halides is 3. The van der Waals surface area contributed by atoms with Crippen molar-refractivity contribution in [2.45, 2.75) is 6.18 Å². The first-order chi connectivity index (χ1) is 6.89. The van der Waals surface area contributed by atoms with Crippen molar-refractivity contribution in [3.05, 3.63) is 29.8 Å². The molecular weight excluding hydrogens is 211 g/mol. The van der Waals surface area contributed by atoms with Crippen molar-refractivity contribution in [3.63, 3.8) is 0 Å². The van der Waals surface area contributed by atoms with Crippen molar-refractivity contribution in [1.29, 1.82) is 0 Å². The first kappa shape index (κ1) is 11.2. The predicted molar refractivity (Wildman–Crippen MR) is 47.8 cm³/mol. The first-order valence-corrected chi connectivity index (χ1v) is 3.88. The molecule has 0 radical (unpaired) electrons. The third kappa shape index (κ3) is 3.37. The van der Waals surface area contributed by atoms with Crippen molar-refractivity contribution in [2.75, 3.05) is 5.43 Å². The lowest BCUT2D eigenvalue weighted by Crippen LogP contribution is -2.34. The van der Waals surface area contributed by atoms with Crippen molar-refractivity contribution in [1.82, 2.24) is 5.43 Å². The molecule has 0 aliphatic carbocycles. The number of nitrogens with one attached hydrogen (secondary N) is 2. The Labute approximate surface area is 83.2 Å². The number of benzene rings is 1. The SMILES string of the molecule is NC(=O)NNc1ccc(C(F)(F)F)cc1. The number of primary amides is 1. The van der Waals surface area contributed by atoms with Gasteiger partial charge in [0.2, 0.25) is 0 Å². The molecule has 82 valence electrons. The number of rotatable bonds is 2. The molecule has 4 nitrogen and oxygen atoms in total. The van der Waals surface area contributed by atoms with Crippen LogP contribution >= 0.6 is 0 Å². The van der Waals surface area contributed by atoms with E-state index in [1.165, 1.54) is 12.1 Å². The zero-order valence-electron chi connectivity index (χ0n) is 7.43. The fourth-order valence-electron chi connectivity index (χ4n) is 0.876. The van der Waals surface area contributed by atoms with E-state index in [-0.39, 0.29) is 0 Å². The smallest absolute Gasteiger partial charge is 0.350 e. The fourth-order valence-corrected chi connectivity index (χ4v) is 0.876. The van der Waals surface area contributed by atoms with Gasteiger partial charge in [-0.15, -0.1) is 0 Å². The van der Waals surface area contributed by atoms with Gasteiger partial charge >= 0.3 is 12.2 Å². The van der Waals surface area contributed by atoms with E-state index in [1.807, 2.05) is 5.43 Å². The van der Waals surface area contributed by atoms with E-state index in [1.54, 1.807) is 0 Å². The second-order valence-corrected chi connectivity index (χ2v) is 2.69. The summed E-state index contributed by atoms with van der Waals surface area (Å²) in [7, 11) is 0. The van der Waals surface area contributed by atoms with Crippen LogP contribution in [0, 0.1) is 0 Å². The minimum atomic E-state index is -4.37. The largest absolute Gasteiger partial charge is 0.416 e. The van der Waals surface area contributed by atoms with Crippen LogP contribution in [0.4, 0.5) is 23.7 Å². The van der Waals surface area contributed by atoms with Gasteiger partial charge in [-0.1, -0.05) is 0 Å². The summed E-state index contributed by atoms with van der Waals surface area (Å²) < 4.78 is 36.4. The Kier molecular flexibility index (Phi) is 3.03. The number of nitrogens with two attached hydrogens (primary N) is 1. The first-order valence-electron chi connectivity index (χ1n) is 3.88. The number of carbonyl (C=O) groups excluding carboxylic acids is 1. The van der Waals surface area contributed by atoms with Crippen LogP contribution in [0.2, 0.25) is 0 Å². The Hall–Kier alpha value is -1.92. The normalized spacial score (nSPS) is 10.9. The number of halogens is 3. The molecule has 1 aromatic carbocycles. The highest BCUT2D eigenvalue weighted by Crippen LogP contribution is 2.29. The van der Waals surface area contributed by atoms with E-state index in [2.05, 4.69) is 5.43 Å². The van der Waals surface area contributed by atoms with Crippen molar-refractivity contribution in [2.24, 2.45) is 5.73 Å². The maximum absolute atomic E-state index is 12.1. The van der Waals surface area contributed by atoms with Gasteiger partial charge in [0.1, 0.15) is 0 Å². The predicted octanol–water partition coefficient (Wildman–Crippen LogP) is 1.70. The second kappa shape index (κ2) is 4.07. The molecule has 4 N–H and O–H groups in total. The van der Waals surface area contributed by atoms with E-state index in [0.29, 0.717) is 5.69 Å². The quantitative estimate of drug-likeness (QED) is 0.662. The molecule has 0 spiro atoms. The van der Waals surface area contributed by atoms with Crippen LogP contribution in [0.25, 0.3) is 0 Å². The highest BCUT2D eigenvalue weighted by molar-refractivity contribution is 5.73. The van der Waals surface area contributed by atoms with E-state index in [0.717, 1.165) is 12.1 Å². The molecule has 2 amide bonds. The molecule has 0 aliphatic rings. The number of anilines is 1. The summed E-state index contributed by atoms with van der Waals surface area (Å²) in [5.74, 6) is 0. The van der Waals surface area contributed by atoms with Gasteiger partial charge in [0.25, 0.3) is 0 Å². The van der Waals surface area contributed by atoms with Crippen molar-refractivity contribution >= 4 is 11.7 Å². The molecule has 0 bridgehead atoms. The molecule has 7 heteroatoms. The van der Waals surface area contributed by atoms with Crippen LogP contribution in [-0.2, 0) is 6.18 Å². The number of hydrogen-bond acceptors (Lipinski definition) is 2. The average molecular weight is 219 g/mol. The topological polar surface area (TPSA) is 67.2 Å². The van der Waals surface area contributed by atoms with Crippen molar-refractivity contribution in [3.8, 4) is 0 Å². The van der Waals surface area contributed by atoms with Crippen LogP contribution in [0.15, 0.2) is 24.3 Å².